The fourth-order valence-electron chi connectivity index (χ4n) is 3.30. The van der Waals surface area contributed by atoms with Crippen LogP contribution >= 0.6 is 0 Å². The number of halogens is 3. The van der Waals surface area contributed by atoms with Gasteiger partial charge in [-0.05, 0) is 32.8 Å². The highest BCUT2D eigenvalue weighted by Gasteiger charge is 2.42. The van der Waals surface area contributed by atoms with E-state index in [2.05, 4.69) is 5.32 Å². The van der Waals surface area contributed by atoms with E-state index in [-0.39, 0.29) is 24.9 Å². The number of hydrogen-bond donors (Lipinski definition) is 1. The number of amides is 2. The molecule has 5 nitrogen and oxygen atoms in total. The molecule has 1 heterocycles. The highest BCUT2D eigenvalue weighted by Crippen LogP contribution is 2.41. The zero-order valence-corrected chi connectivity index (χ0v) is 16.8. The molecule has 156 valence electrons. The van der Waals surface area contributed by atoms with Crippen LogP contribution in [0.3, 0.4) is 0 Å². The van der Waals surface area contributed by atoms with Crippen molar-refractivity contribution in [2.24, 2.45) is 5.92 Å². The van der Waals surface area contributed by atoms with Gasteiger partial charge in [-0.2, -0.15) is 0 Å². The van der Waals surface area contributed by atoms with Crippen molar-refractivity contribution in [3.8, 4) is 0 Å². The van der Waals surface area contributed by atoms with Crippen LogP contribution < -0.4 is 5.32 Å². The molecular weight excluding hydrogens is 393 g/mol. The molecule has 1 aliphatic rings. The van der Waals surface area contributed by atoms with Gasteiger partial charge in [0, 0.05) is 35.7 Å². The summed E-state index contributed by atoms with van der Waals surface area (Å²) in [5.41, 5.74) is 0.186. The Morgan fingerprint density at radius 2 is 2.00 bits per heavy atom. The van der Waals surface area contributed by atoms with Crippen molar-refractivity contribution in [2.45, 2.75) is 44.7 Å². The normalized spacial score (nSPS) is 22.3. The number of carbonyl (C=O) groups excluding carboxylic acids is 1. The molecule has 1 aromatic carbocycles. The molecular formula is C19H25F3N2O3S. The number of nitrogens with one attached hydrogen (secondary N) is 1. The first-order chi connectivity index (χ1) is 12.9. The van der Waals surface area contributed by atoms with Crippen LogP contribution in [0.15, 0.2) is 35.7 Å². The molecule has 1 fully saturated rings. The van der Waals surface area contributed by atoms with Gasteiger partial charge in [0.1, 0.15) is 5.82 Å². The number of rotatable bonds is 5. The van der Waals surface area contributed by atoms with Crippen LogP contribution in [0.1, 0.15) is 38.3 Å². The monoisotopic (exact) mass is 418 g/mol. The van der Waals surface area contributed by atoms with Crippen molar-refractivity contribution in [3.63, 3.8) is 0 Å². The molecule has 0 aliphatic carbocycles. The van der Waals surface area contributed by atoms with Gasteiger partial charge in [-0.3, -0.25) is 0 Å². The molecule has 28 heavy (non-hydrogen) atoms. The lowest BCUT2D eigenvalue weighted by atomic mass is 9.83. The number of carbonyl (C=O) groups is 1. The third-order valence-electron chi connectivity index (χ3n) is 4.81. The SMILES string of the molecule is CC(/C=C/S(C)(=O)=O)NC(=O)N1CC[C@@H](C(C)(F)F)C[C@H]1c1ccccc1F. The second kappa shape index (κ2) is 8.55. The molecule has 0 saturated carbocycles. The number of benzene rings is 1. The summed E-state index contributed by atoms with van der Waals surface area (Å²) in [4.78, 5) is 14.0. The Bertz CT molecular complexity index is 837. The molecule has 0 spiro atoms. The fraction of sp³-hybridized carbons (Fsp3) is 0.526. The quantitative estimate of drug-likeness (QED) is 0.789. The minimum absolute atomic E-state index is 0.0431. The van der Waals surface area contributed by atoms with Crippen LogP contribution in [-0.2, 0) is 9.84 Å². The van der Waals surface area contributed by atoms with Gasteiger partial charge in [0.2, 0.25) is 5.92 Å². The first kappa shape index (κ1) is 22.3. The van der Waals surface area contributed by atoms with Crippen LogP contribution in [0.2, 0.25) is 0 Å². The Morgan fingerprint density at radius 3 is 2.57 bits per heavy atom. The Balaban J connectivity index is 2.24. The maximum atomic E-state index is 14.3. The number of nitrogens with zero attached hydrogens (tertiary/aromatic N) is 1. The fourth-order valence-corrected chi connectivity index (χ4v) is 3.82. The first-order valence-electron chi connectivity index (χ1n) is 8.96. The number of sulfone groups is 1. The average molecular weight is 418 g/mol. The van der Waals surface area contributed by atoms with E-state index < -0.39 is 45.6 Å². The molecule has 0 bridgehead atoms. The van der Waals surface area contributed by atoms with E-state index in [0.29, 0.717) is 0 Å². The third-order valence-corrected chi connectivity index (χ3v) is 5.46. The molecule has 3 atom stereocenters. The number of urea groups is 1. The van der Waals surface area contributed by atoms with Gasteiger partial charge in [-0.15, -0.1) is 0 Å². The van der Waals surface area contributed by atoms with Gasteiger partial charge >= 0.3 is 6.03 Å². The average Bonchev–Trinajstić information content (AvgIpc) is 2.58. The van der Waals surface area contributed by atoms with Crippen molar-refractivity contribution < 1.29 is 26.4 Å². The van der Waals surface area contributed by atoms with Crippen molar-refractivity contribution in [3.05, 3.63) is 47.1 Å². The second-order valence-electron chi connectivity index (χ2n) is 7.30. The number of likely N-dealkylation sites (tertiary alicyclic amines) is 1. The maximum absolute atomic E-state index is 14.3. The number of alkyl halides is 2. The Hall–Kier alpha value is -2.03. The Kier molecular flexibility index (Phi) is 6.80. The van der Waals surface area contributed by atoms with E-state index in [0.717, 1.165) is 18.6 Å². The third kappa shape index (κ3) is 5.98. The minimum atomic E-state index is -3.34. The van der Waals surface area contributed by atoms with Crippen molar-refractivity contribution in [2.75, 3.05) is 12.8 Å². The minimum Gasteiger partial charge on any atom is -0.332 e. The summed E-state index contributed by atoms with van der Waals surface area (Å²) in [6.45, 7) is 2.47. The van der Waals surface area contributed by atoms with Gasteiger partial charge in [0.25, 0.3) is 0 Å². The molecule has 1 saturated heterocycles. The molecule has 2 amide bonds. The topological polar surface area (TPSA) is 66.5 Å². The number of hydrogen-bond acceptors (Lipinski definition) is 3. The highest BCUT2D eigenvalue weighted by molar-refractivity contribution is 7.93. The Morgan fingerprint density at radius 1 is 1.36 bits per heavy atom. The summed E-state index contributed by atoms with van der Waals surface area (Å²) in [5, 5.41) is 3.60. The molecule has 1 aliphatic heterocycles. The van der Waals surface area contributed by atoms with E-state index in [9.17, 15) is 26.4 Å². The second-order valence-corrected chi connectivity index (χ2v) is 9.24. The summed E-state index contributed by atoms with van der Waals surface area (Å²) in [5.74, 6) is -4.46. The van der Waals surface area contributed by atoms with Gasteiger partial charge in [0.15, 0.2) is 9.84 Å². The lowest BCUT2D eigenvalue weighted by Crippen LogP contribution is -2.50. The smallest absolute Gasteiger partial charge is 0.318 e. The van der Waals surface area contributed by atoms with E-state index in [1.807, 2.05) is 0 Å². The molecule has 1 aromatic rings. The van der Waals surface area contributed by atoms with Crippen LogP contribution in [-0.4, -0.2) is 44.1 Å². The van der Waals surface area contributed by atoms with Crippen LogP contribution in [0, 0.1) is 11.7 Å². The van der Waals surface area contributed by atoms with E-state index in [4.69, 9.17) is 0 Å². The number of piperidine rings is 1. The summed E-state index contributed by atoms with van der Waals surface area (Å²) in [6, 6.07) is 3.82. The molecule has 1 N–H and O–H groups in total. The summed E-state index contributed by atoms with van der Waals surface area (Å²) in [7, 11) is -3.34. The van der Waals surface area contributed by atoms with E-state index in [1.54, 1.807) is 13.0 Å². The lowest BCUT2D eigenvalue weighted by molar-refractivity contribution is -0.0689. The van der Waals surface area contributed by atoms with Crippen LogP contribution in [0.5, 0.6) is 0 Å². The van der Waals surface area contributed by atoms with Gasteiger partial charge in [-0.25, -0.2) is 26.4 Å². The van der Waals surface area contributed by atoms with Gasteiger partial charge in [0.05, 0.1) is 6.04 Å². The molecule has 1 unspecified atom stereocenters. The van der Waals surface area contributed by atoms with E-state index >= 15 is 0 Å². The zero-order valence-electron chi connectivity index (χ0n) is 16.0. The zero-order chi connectivity index (χ0) is 21.1. The van der Waals surface area contributed by atoms with Crippen molar-refractivity contribution >= 4 is 15.9 Å². The molecule has 9 heteroatoms. The molecule has 0 aromatic heterocycles. The Labute approximate surface area is 163 Å². The standard InChI is InChI=1S/C19H25F3N2O3S/c1-13(9-11-28(3,26)27)23-18(25)24-10-8-14(19(2,21)22)12-17(24)15-6-4-5-7-16(15)20/h4-7,9,11,13-14,17H,8,10,12H2,1-3H3,(H,23,25)/b11-9+/t13?,14-,17+/m1/s1. The van der Waals surface area contributed by atoms with E-state index in [1.165, 1.54) is 29.2 Å². The maximum Gasteiger partial charge on any atom is 0.318 e. The molecule has 2 rings (SSSR count). The van der Waals surface area contributed by atoms with Gasteiger partial charge in [-0.1, -0.05) is 24.3 Å². The van der Waals surface area contributed by atoms with Crippen molar-refractivity contribution in [1.29, 1.82) is 0 Å². The predicted molar refractivity (Wildman–Crippen MR) is 101 cm³/mol. The highest BCUT2D eigenvalue weighted by atomic mass is 32.2. The lowest BCUT2D eigenvalue weighted by Gasteiger charge is -2.41. The largest absolute Gasteiger partial charge is 0.332 e. The molecule has 0 radical (unpaired) electrons. The van der Waals surface area contributed by atoms with Gasteiger partial charge < -0.3 is 10.2 Å². The first-order valence-corrected chi connectivity index (χ1v) is 10.9. The predicted octanol–water partition coefficient (Wildman–Crippen LogP) is 3.89. The van der Waals surface area contributed by atoms with Crippen LogP contribution in [0.4, 0.5) is 18.0 Å². The summed E-state index contributed by atoms with van der Waals surface area (Å²) >= 11 is 0. The summed E-state index contributed by atoms with van der Waals surface area (Å²) in [6.07, 6.45) is 2.38. The van der Waals surface area contributed by atoms with Crippen LogP contribution in [0.25, 0.3) is 0 Å². The van der Waals surface area contributed by atoms with Crippen molar-refractivity contribution in [1.82, 2.24) is 10.2 Å². The summed E-state index contributed by atoms with van der Waals surface area (Å²) < 4.78 is 64.5.